The van der Waals surface area contributed by atoms with E-state index in [1.165, 1.54) is 18.1 Å². The van der Waals surface area contributed by atoms with Crippen molar-refractivity contribution in [2.75, 3.05) is 18.7 Å². The monoisotopic (exact) mass is 480 g/mol. The fourth-order valence-electron chi connectivity index (χ4n) is 3.69. The van der Waals surface area contributed by atoms with Crippen LogP contribution in [0.1, 0.15) is 46.0 Å². The van der Waals surface area contributed by atoms with Crippen molar-refractivity contribution in [1.82, 2.24) is 4.98 Å². The second-order valence-corrected chi connectivity index (χ2v) is 9.44. The Morgan fingerprint density at radius 3 is 2.46 bits per heavy atom. The summed E-state index contributed by atoms with van der Waals surface area (Å²) in [5.41, 5.74) is 3.39. The predicted molar refractivity (Wildman–Crippen MR) is 135 cm³/mol. The Kier molecular flexibility index (Phi) is 8.33. The van der Waals surface area contributed by atoms with E-state index in [2.05, 4.69) is 20.8 Å². The van der Waals surface area contributed by atoms with Crippen LogP contribution in [0.5, 0.6) is 11.5 Å². The third kappa shape index (κ3) is 7.18. The molecule has 0 aliphatic carbocycles. The molecule has 2 aromatic carbocycles. The Bertz CT molecular complexity index is 1170. The highest BCUT2D eigenvalue weighted by atomic mass is 19.1. The van der Waals surface area contributed by atoms with Crippen LogP contribution in [-0.4, -0.2) is 24.6 Å². The van der Waals surface area contributed by atoms with Crippen LogP contribution in [0.25, 0.3) is 11.1 Å². The molecule has 0 radical (unpaired) electrons. The van der Waals surface area contributed by atoms with Crippen molar-refractivity contribution < 1.29 is 23.5 Å². The van der Waals surface area contributed by atoms with Crippen molar-refractivity contribution in [3.05, 3.63) is 71.8 Å². The molecular formula is C28H33FN2O4. The van der Waals surface area contributed by atoms with E-state index in [1.807, 2.05) is 43.3 Å². The number of pyridine rings is 1. The minimum Gasteiger partial charge on any atom is -0.497 e. The standard InChI is InChI=1S/C28H33FN2O4/c1-7-31(35-19(2)32)21-9-8-10-23(15-21)34-18-20-11-13-24(27(30-20)17-28(3,4)5)25-16-22(33-6)12-14-26(25)29/h8-16H,7,17-18H2,1-6H3. The largest absolute Gasteiger partial charge is 0.497 e. The Labute approximate surface area is 206 Å². The maximum atomic E-state index is 14.7. The molecule has 1 heterocycles. The first-order valence-corrected chi connectivity index (χ1v) is 11.6. The zero-order valence-corrected chi connectivity index (χ0v) is 21.2. The second kappa shape index (κ2) is 11.2. The van der Waals surface area contributed by atoms with Gasteiger partial charge in [0.25, 0.3) is 0 Å². The number of aromatic nitrogens is 1. The van der Waals surface area contributed by atoms with E-state index >= 15 is 0 Å². The Morgan fingerprint density at radius 1 is 1.03 bits per heavy atom. The van der Waals surface area contributed by atoms with Gasteiger partial charge in [-0.3, -0.25) is 9.78 Å². The van der Waals surface area contributed by atoms with Gasteiger partial charge < -0.3 is 14.3 Å². The Balaban J connectivity index is 1.87. The highest BCUT2D eigenvalue weighted by Crippen LogP contribution is 2.33. The average Bonchev–Trinajstić information content (AvgIpc) is 2.81. The van der Waals surface area contributed by atoms with Crippen molar-refractivity contribution in [1.29, 1.82) is 0 Å². The van der Waals surface area contributed by atoms with Crippen molar-refractivity contribution in [3.63, 3.8) is 0 Å². The SMILES string of the molecule is CCN(OC(C)=O)c1cccc(OCc2ccc(-c3cc(OC)ccc3F)c(CC(C)(C)C)n2)c1. The van der Waals surface area contributed by atoms with Crippen LogP contribution in [0.4, 0.5) is 10.1 Å². The summed E-state index contributed by atoms with van der Waals surface area (Å²) in [5, 5.41) is 1.51. The molecule has 0 bridgehead atoms. The zero-order chi connectivity index (χ0) is 25.6. The molecule has 186 valence electrons. The topological polar surface area (TPSA) is 60.9 Å². The summed E-state index contributed by atoms with van der Waals surface area (Å²) in [6.07, 6.45) is 0.663. The fraction of sp³-hybridized carbons (Fsp3) is 0.357. The number of benzene rings is 2. The van der Waals surface area contributed by atoms with Crippen molar-refractivity contribution in [3.8, 4) is 22.6 Å². The van der Waals surface area contributed by atoms with Gasteiger partial charge in [0.1, 0.15) is 23.9 Å². The fourth-order valence-corrected chi connectivity index (χ4v) is 3.69. The number of rotatable bonds is 9. The molecule has 0 aliphatic rings. The third-order valence-corrected chi connectivity index (χ3v) is 5.21. The van der Waals surface area contributed by atoms with Gasteiger partial charge in [0.05, 0.1) is 25.0 Å². The normalized spacial score (nSPS) is 11.2. The number of ether oxygens (including phenoxy) is 2. The molecule has 0 amide bonds. The van der Waals surface area contributed by atoms with E-state index in [0.29, 0.717) is 35.7 Å². The molecular weight excluding hydrogens is 447 g/mol. The van der Waals surface area contributed by atoms with E-state index < -0.39 is 0 Å². The lowest BCUT2D eigenvalue weighted by atomic mass is 9.87. The van der Waals surface area contributed by atoms with Gasteiger partial charge in [-0.1, -0.05) is 32.9 Å². The molecule has 1 aromatic heterocycles. The summed E-state index contributed by atoms with van der Waals surface area (Å²) in [6, 6.07) is 15.8. The number of anilines is 1. The molecule has 0 N–H and O–H groups in total. The minimum absolute atomic E-state index is 0.0504. The minimum atomic E-state index is -0.388. The van der Waals surface area contributed by atoms with E-state index in [1.54, 1.807) is 19.2 Å². The lowest BCUT2D eigenvalue weighted by Gasteiger charge is -2.22. The molecule has 0 aliphatic heterocycles. The predicted octanol–water partition coefficient (Wildman–Crippen LogP) is 6.37. The van der Waals surface area contributed by atoms with Gasteiger partial charge in [-0.15, -0.1) is 0 Å². The van der Waals surface area contributed by atoms with Crippen LogP contribution >= 0.6 is 0 Å². The molecule has 0 spiro atoms. The molecule has 0 unspecified atom stereocenters. The first-order chi connectivity index (χ1) is 16.6. The number of halogens is 1. The highest BCUT2D eigenvalue weighted by Gasteiger charge is 2.19. The number of hydrogen-bond donors (Lipinski definition) is 0. The molecule has 6 nitrogen and oxygen atoms in total. The number of nitrogens with zero attached hydrogens (tertiary/aromatic N) is 2. The maximum Gasteiger partial charge on any atom is 0.329 e. The molecule has 0 fully saturated rings. The lowest BCUT2D eigenvalue weighted by molar-refractivity contribution is -0.142. The molecule has 7 heteroatoms. The van der Waals surface area contributed by atoms with Gasteiger partial charge in [-0.2, -0.15) is 0 Å². The van der Waals surface area contributed by atoms with Crippen molar-refractivity contribution >= 4 is 11.7 Å². The summed E-state index contributed by atoms with van der Waals surface area (Å²) < 4.78 is 26.0. The van der Waals surface area contributed by atoms with Gasteiger partial charge >= 0.3 is 5.97 Å². The van der Waals surface area contributed by atoms with Gasteiger partial charge in [-0.25, -0.2) is 9.45 Å². The van der Waals surface area contributed by atoms with E-state index in [0.717, 1.165) is 17.0 Å². The smallest absolute Gasteiger partial charge is 0.329 e. The van der Waals surface area contributed by atoms with Crippen LogP contribution in [0, 0.1) is 11.2 Å². The van der Waals surface area contributed by atoms with Crippen molar-refractivity contribution in [2.24, 2.45) is 5.41 Å². The van der Waals surface area contributed by atoms with Crippen LogP contribution in [0.2, 0.25) is 0 Å². The molecule has 35 heavy (non-hydrogen) atoms. The third-order valence-electron chi connectivity index (χ3n) is 5.21. The van der Waals surface area contributed by atoms with Gasteiger partial charge in [-0.05, 0) is 55.2 Å². The summed E-state index contributed by atoms with van der Waals surface area (Å²) in [6.45, 7) is 10.4. The number of methoxy groups -OCH3 is 1. The quantitative estimate of drug-likeness (QED) is 0.332. The number of hydroxylamine groups is 1. The number of carbonyl (C=O) groups excluding carboxylic acids is 1. The first-order valence-electron chi connectivity index (χ1n) is 11.6. The summed E-state index contributed by atoms with van der Waals surface area (Å²) in [5.74, 6) is 0.499. The van der Waals surface area contributed by atoms with Crippen LogP contribution in [0.15, 0.2) is 54.6 Å². The molecule has 3 aromatic rings. The molecule has 0 atom stereocenters. The van der Waals surface area contributed by atoms with Gasteiger partial charge in [0.15, 0.2) is 0 Å². The van der Waals surface area contributed by atoms with Crippen LogP contribution < -0.4 is 14.5 Å². The Morgan fingerprint density at radius 2 is 1.80 bits per heavy atom. The van der Waals surface area contributed by atoms with Gasteiger partial charge in [0, 0.05) is 29.8 Å². The summed E-state index contributed by atoms with van der Waals surface area (Å²) in [7, 11) is 1.56. The van der Waals surface area contributed by atoms with Gasteiger partial charge in [0.2, 0.25) is 0 Å². The average molecular weight is 481 g/mol. The highest BCUT2D eigenvalue weighted by molar-refractivity contribution is 5.69. The second-order valence-electron chi connectivity index (χ2n) is 9.44. The molecule has 3 rings (SSSR count). The first kappa shape index (κ1) is 26.0. The van der Waals surface area contributed by atoms with Crippen LogP contribution in [0.3, 0.4) is 0 Å². The van der Waals surface area contributed by atoms with E-state index in [-0.39, 0.29) is 23.8 Å². The maximum absolute atomic E-state index is 14.7. The van der Waals surface area contributed by atoms with Crippen molar-refractivity contribution in [2.45, 2.75) is 47.6 Å². The van der Waals surface area contributed by atoms with Crippen LogP contribution in [-0.2, 0) is 22.7 Å². The molecule has 0 saturated heterocycles. The number of carbonyl (C=O) groups is 1. The molecule has 0 saturated carbocycles. The Hall–Kier alpha value is -3.61. The van der Waals surface area contributed by atoms with E-state index in [9.17, 15) is 9.18 Å². The summed E-state index contributed by atoms with van der Waals surface area (Å²) in [4.78, 5) is 21.4. The number of hydrogen-bond acceptors (Lipinski definition) is 6. The summed E-state index contributed by atoms with van der Waals surface area (Å²) >= 11 is 0. The lowest BCUT2D eigenvalue weighted by Crippen LogP contribution is -2.25. The van der Waals surface area contributed by atoms with E-state index in [4.69, 9.17) is 19.3 Å². The zero-order valence-electron chi connectivity index (χ0n) is 21.2.